The molecule has 0 atom stereocenters. The van der Waals surface area contributed by atoms with Gasteiger partial charge in [0, 0.05) is 13.1 Å². The quantitative estimate of drug-likeness (QED) is 0.856. The van der Waals surface area contributed by atoms with Crippen LogP contribution in [0.3, 0.4) is 0 Å². The third-order valence-corrected chi connectivity index (χ3v) is 3.48. The number of hydrogen-bond donors (Lipinski definition) is 0. The van der Waals surface area contributed by atoms with E-state index in [9.17, 15) is 4.79 Å². The van der Waals surface area contributed by atoms with E-state index in [0.29, 0.717) is 30.6 Å². The lowest BCUT2D eigenvalue weighted by Crippen LogP contribution is -2.50. The fourth-order valence-corrected chi connectivity index (χ4v) is 2.26. The Bertz CT molecular complexity index is 647. The third kappa shape index (κ3) is 3.04. The van der Waals surface area contributed by atoms with Gasteiger partial charge in [-0.15, -0.1) is 0 Å². The molecule has 0 saturated carbocycles. The summed E-state index contributed by atoms with van der Waals surface area (Å²) in [6.07, 6.45) is 0. The highest BCUT2D eigenvalue weighted by Gasteiger charge is 2.35. The second kappa shape index (κ2) is 5.55. The number of amides is 1. The molecule has 1 aliphatic rings. The zero-order valence-corrected chi connectivity index (χ0v) is 12.1. The minimum absolute atomic E-state index is 0.0241. The van der Waals surface area contributed by atoms with Gasteiger partial charge >= 0.3 is 0 Å². The van der Waals surface area contributed by atoms with Crippen LogP contribution in [-0.2, 0) is 4.79 Å². The predicted octanol–water partition coefficient (Wildman–Crippen LogP) is 1.69. The molecule has 1 fully saturated rings. The number of aromatic nitrogens is 2. The molecule has 1 saturated heterocycles. The van der Waals surface area contributed by atoms with E-state index in [0.717, 1.165) is 5.56 Å². The van der Waals surface area contributed by atoms with E-state index in [1.807, 2.05) is 31.2 Å². The van der Waals surface area contributed by atoms with Crippen LogP contribution < -0.4 is 4.74 Å². The maximum absolute atomic E-state index is 12.0. The van der Waals surface area contributed by atoms with Crippen molar-refractivity contribution in [1.29, 1.82) is 0 Å². The maximum Gasteiger partial charge on any atom is 0.260 e. The van der Waals surface area contributed by atoms with Gasteiger partial charge in [-0.05, 0) is 31.5 Å². The summed E-state index contributed by atoms with van der Waals surface area (Å²) in [7, 11) is 0. The first-order chi connectivity index (χ1) is 10.1. The molecule has 6 nitrogen and oxygen atoms in total. The summed E-state index contributed by atoms with van der Waals surface area (Å²) >= 11 is 0. The van der Waals surface area contributed by atoms with Crippen molar-refractivity contribution in [2.45, 2.75) is 19.8 Å². The molecule has 110 valence electrons. The van der Waals surface area contributed by atoms with Crippen molar-refractivity contribution >= 4 is 5.91 Å². The van der Waals surface area contributed by atoms with Gasteiger partial charge in [0.25, 0.3) is 5.91 Å². The number of carbonyl (C=O) groups excluding carboxylic acids is 1. The van der Waals surface area contributed by atoms with Gasteiger partial charge in [0.1, 0.15) is 5.75 Å². The van der Waals surface area contributed by atoms with Crippen molar-refractivity contribution in [3.8, 4) is 5.75 Å². The number of rotatable bonds is 4. The molecule has 2 aromatic rings. The van der Waals surface area contributed by atoms with E-state index in [4.69, 9.17) is 9.26 Å². The number of ether oxygens (including phenoxy) is 1. The molecule has 0 aliphatic carbocycles. The zero-order chi connectivity index (χ0) is 14.8. The summed E-state index contributed by atoms with van der Waals surface area (Å²) in [6.45, 7) is 5.04. The van der Waals surface area contributed by atoms with Crippen LogP contribution in [0.1, 0.15) is 23.2 Å². The fourth-order valence-electron chi connectivity index (χ4n) is 2.26. The number of likely N-dealkylation sites (tertiary alicyclic amines) is 1. The second-order valence-corrected chi connectivity index (χ2v) is 5.28. The minimum atomic E-state index is -0.0241. The van der Waals surface area contributed by atoms with Crippen LogP contribution in [-0.4, -0.2) is 40.6 Å². The van der Waals surface area contributed by atoms with Gasteiger partial charge in [-0.25, -0.2) is 0 Å². The highest BCUT2D eigenvalue weighted by molar-refractivity contribution is 5.78. The van der Waals surface area contributed by atoms with Crippen LogP contribution in [0.2, 0.25) is 0 Å². The summed E-state index contributed by atoms with van der Waals surface area (Å²) in [5, 5.41) is 3.76. The minimum Gasteiger partial charge on any atom is -0.484 e. The van der Waals surface area contributed by atoms with Crippen LogP contribution in [0.15, 0.2) is 28.8 Å². The molecule has 1 aliphatic heterocycles. The first-order valence-corrected chi connectivity index (χ1v) is 6.89. The van der Waals surface area contributed by atoms with Gasteiger partial charge in [0.05, 0.1) is 5.92 Å². The number of benzene rings is 1. The number of aryl methyl sites for hydroxylation is 2. The largest absolute Gasteiger partial charge is 0.484 e. The molecule has 0 unspecified atom stereocenters. The average molecular weight is 287 g/mol. The lowest BCUT2D eigenvalue weighted by molar-refractivity contribution is -0.138. The number of hydrogen-bond acceptors (Lipinski definition) is 5. The first kappa shape index (κ1) is 13.6. The number of carbonyl (C=O) groups is 1. The molecule has 6 heteroatoms. The Balaban J connectivity index is 1.47. The smallest absolute Gasteiger partial charge is 0.260 e. The highest BCUT2D eigenvalue weighted by Crippen LogP contribution is 2.25. The maximum atomic E-state index is 12.0. The van der Waals surface area contributed by atoms with Gasteiger partial charge in [0.2, 0.25) is 5.89 Å². The summed E-state index contributed by atoms with van der Waals surface area (Å²) in [5.41, 5.74) is 1.11. The van der Waals surface area contributed by atoms with Gasteiger partial charge in [-0.2, -0.15) is 4.98 Å². The van der Waals surface area contributed by atoms with E-state index in [-0.39, 0.29) is 18.4 Å². The average Bonchev–Trinajstić information content (AvgIpc) is 2.81. The van der Waals surface area contributed by atoms with Crippen molar-refractivity contribution in [2.75, 3.05) is 19.7 Å². The van der Waals surface area contributed by atoms with E-state index in [2.05, 4.69) is 10.1 Å². The van der Waals surface area contributed by atoms with Crippen molar-refractivity contribution in [2.24, 2.45) is 0 Å². The van der Waals surface area contributed by atoms with Crippen molar-refractivity contribution < 1.29 is 14.1 Å². The van der Waals surface area contributed by atoms with Crippen molar-refractivity contribution in [3.05, 3.63) is 41.5 Å². The Labute approximate surface area is 122 Å². The molecule has 0 N–H and O–H groups in total. The van der Waals surface area contributed by atoms with Crippen LogP contribution in [0.5, 0.6) is 5.75 Å². The standard InChI is InChI=1S/C15H17N3O3/c1-10-4-3-5-13(6-10)20-9-14(19)18-7-12(8-18)15-16-11(2)17-21-15/h3-6,12H,7-9H2,1-2H3. The summed E-state index contributed by atoms with van der Waals surface area (Å²) in [5.74, 6) is 2.07. The molecule has 0 bridgehead atoms. The molecule has 1 aromatic heterocycles. The first-order valence-electron chi connectivity index (χ1n) is 6.89. The summed E-state index contributed by atoms with van der Waals surface area (Å²) in [6, 6.07) is 7.65. The van der Waals surface area contributed by atoms with E-state index < -0.39 is 0 Å². The molecule has 3 rings (SSSR count). The van der Waals surface area contributed by atoms with Crippen LogP contribution in [0.25, 0.3) is 0 Å². The van der Waals surface area contributed by atoms with E-state index >= 15 is 0 Å². The van der Waals surface area contributed by atoms with Crippen LogP contribution in [0.4, 0.5) is 0 Å². The highest BCUT2D eigenvalue weighted by atomic mass is 16.5. The third-order valence-electron chi connectivity index (χ3n) is 3.48. The van der Waals surface area contributed by atoms with Crippen molar-refractivity contribution in [1.82, 2.24) is 15.0 Å². The molecular weight excluding hydrogens is 270 g/mol. The zero-order valence-electron chi connectivity index (χ0n) is 12.1. The van der Waals surface area contributed by atoms with E-state index in [1.54, 1.807) is 11.8 Å². The topological polar surface area (TPSA) is 68.5 Å². The molecule has 21 heavy (non-hydrogen) atoms. The Morgan fingerprint density at radius 3 is 2.90 bits per heavy atom. The second-order valence-electron chi connectivity index (χ2n) is 5.28. The SMILES string of the molecule is Cc1cccc(OCC(=O)N2CC(c3nc(C)no3)C2)c1. The Hall–Kier alpha value is -2.37. The van der Waals surface area contributed by atoms with Gasteiger partial charge in [0.15, 0.2) is 12.4 Å². The fraction of sp³-hybridized carbons (Fsp3) is 0.400. The lowest BCUT2D eigenvalue weighted by atomic mass is 10.0. The molecule has 0 spiro atoms. The van der Waals surface area contributed by atoms with Crippen LogP contribution >= 0.6 is 0 Å². The Kier molecular flexibility index (Phi) is 3.60. The molecule has 1 aromatic carbocycles. The van der Waals surface area contributed by atoms with Gasteiger partial charge in [-0.1, -0.05) is 17.3 Å². The molecule has 1 amide bonds. The molecule has 0 radical (unpaired) electrons. The van der Waals surface area contributed by atoms with Crippen molar-refractivity contribution in [3.63, 3.8) is 0 Å². The summed E-state index contributed by atoms with van der Waals surface area (Å²) in [4.78, 5) is 17.9. The summed E-state index contributed by atoms with van der Waals surface area (Å²) < 4.78 is 10.6. The monoisotopic (exact) mass is 287 g/mol. The normalized spacial score (nSPS) is 14.9. The predicted molar refractivity (Wildman–Crippen MR) is 75.0 cm³/mol. The Morgan fingerprint density at radius 2 is 2.24 bits per heavy atom. The van der Waals surface area contributed by atoms with Gasteiger partial charge < -0.3 is 14.2 Å². The van der Waals surface area contributed by atoms with E-state index in [1.165, 1.54) is 0 Å². The number of nitrogens with zero attached hydrogens (tertiary/aromatic N) is 3. The molecule has 2 heterocycles. The Morgan fingerprint density at radius 1 is 1.43 bits per heavy atom. The lowest BCUT2D eigenvalue weighted by Gasteiger charge is -2.36. The van der Waals surface area contributed by atoms with Gasteiger partial charge in [-0.3, -0.25) is 4.79 Å². The van der Waals surface area contributed by atoms with Crippen LogP contribution in [0, 0.1) is 13.8 Å². The molecular formula is C15H17N3O3.